The van der Waals surface area contributed by atoms with Crippen molar-refractivity contribution >= 4 is 23.5 Å². The molecule has 2 unspecified atom stereocenters. The van der Waals surface area contributed by atoms with Gasteiger partial charge in [-0.05, 0) is 42.7 Å². The fraction of sp³-hybridized carbons (Fsp3) is 0.357. The number of allylic oxidation sites excluding steroid dienone is 1. The average Bonchev–Trinajstić information content (AvgIpc) is 2.88. The molecule has 2 aliphatic heterocycles. The van der Waals surface area contributed by atoms with Crippen LogP contribution in [-0.2, 0) is 19.1 Å². The van der Waals surface area contributed by atoms with Crippen molar-refractivity contribution in [3.8, 4) is 11.5 Å². The second-order valence-electron chi connectivity index (χ2n) is 8.55. The van der Waals surface area contributed by atoms with E-state index >= 15 is 0 Å². The zero-order valence-corrected chi connectivity index (χ0v) is 21.6. The lowest BCUT2D eigenvalue weighted by Crippen LogP contribution is -2.37. The number of benzene rings is 2. The van der Waals surface area contributed by atoms with Crippen LogP contribution in [0.3, 0.4) is 0 Å². The van der Waals surface area contributed by atoms with Crippen molar-refractivity contribution in [1.82, 2.24) is 5.32 Å². The Morgan fingerprint density at radius 3 is 2.53 bits per heavy atom. The van der Waals surface area contributed by atoms with Gasteiger partial charge < -0.3 is 24.3 Å². The van der Waals surface area contributed by atoms with Gasteiger partial charge in [0.05, 0.1) is 37.9 Å². The first-order valence-electron chi connectivity index (χ1n) is 12.0. The van der Waals surface area contributed by atoms with Crippen LogP contribution in [0, 0.1) is 0 Å². The minimum absolute atomic E-state index is 0.217. The molecule has 0 saturated carbocycles. The number of hydrogen-bond acceptors (Lipinski definition) is 7. The molecule has 8 heteroatoms. The number of carbonyl (C=O) groups is 2. The Hall–Kier alpha value is -3.45. The highest BCUT2D eigenvalue weighted by molar-refractivity contribution is 6.31. The van der Waals surface area contributed by atoms with Crippen molar-refractivity contribution in [1.29, 1.82) is 0 Å². The number of halogens is 1. The summed E-state index contributed by atoms with van der Waals surface area (Å²) in [7, 11) is 3.13. The van der Waals surface area contributed by atoms with Crippen molar-refractivity contribution in [3.05, 3.63) is 81.2 Å². The van der Waals surface area contributed by atoms with Crippen LogP contribution in [0.5, 0.6) is 11.5 Å². The first-order chi connectivity index (χ1) is 17.4. The van der Waals surface area contributed by atoms with Crippen LogP contribution in [0.4, 0.5) is 0 Å². The van der Waals surface area contributed by atoms with E-state index in [1.54, 1.807) is 33.3 Å². The van der Waals surface area contributed by atoms with Crippen LogP contribution in [0.2, 0.25) is 5.02 Å². The molecule has 36 heavy (non-hydrogen) atoms. The Morgan fingerprint density at radius 2 is 1.86 bits per heavy atom. The summed E-state index contributed by atoms with van der Waals surface area (Å²) >= 11 is 6.60. The average molecular weight is 512 g/mol. The predicted molar refractivity (Wildman–Crippen MR) is 136 cm³/mol. The lowest BCUT2D eigenvalue weighted by molar-refractivity contribution is -0.146. The summed E-state index contributed by atoms with van der Waals surface area (Å²) in [4.78, 5) is 26.8. The third-order valence-electron chi connectivity index (χ3n) is 6.38. The van der Waals surface area contributed by atoms with Gasteiger partial charge in [-0.2, -0.15) is 0 Å². The highest BCUT2D eigenvalue weighted by atomic mass is 35.5. The zero-order chi connectivity index (χ0) is 25.8. The maximum absolute atomic E-state index is 13.6. The summed E-state index contributed by atoms with van der Waals surface area (Å²) in [6.45, 7) is 4.01. The van der Waals surface area contributed by atoms with Gasteiger partial charge in [-0.1, -0.05) is 49.2 Å². The predicted octanol–water partition coefficient (Wildman–Crippen LogP) is 5.60. The highest BCUT2D eigenvalue weighted by Crippen LogP contribution is 2.47. The van der Waals surface area contributed by atoms with Crippen molar-refractivity contribution < 1.29 is 28.5 Å². The zero-order valence-electron chi connectivity index (χ0n) is 20.9. The number of carbonyl (C=O) groups excluding carboxylic acids is 2. The van der Waals surface area contributed by atoms with Gasteiger partial charge in [0.15, 0.2) is 11.5 Å². The number of methoxy groups -OCH3 is 2. The van der Waals surface area contributed by atoms with E-state index in [1.165, 1.54) is 0 Å². The van der Waals surface area contributed by atoms with Crippen LogP contribution < -0.4 is 14.8 Å². The summed E-state index contributed by atoms with van der Waals surface area (Å²) < 4.78 is 22.1. The van der Waals surface area contributed by atoms with Gasteiger partial charge in [-0.15, -0.1) is 0 Å². The van der Waals surface area contributed by atoms with E-state index in [0.717, 1.165) is 17.7 Å². The van der Waals surface area contributed by atoms with Gasteiger partial charge in [0.2, 0.25) is 0 Å². The fourth-order valence-electron chi connectivity index (χ4n) is 4.79. The molecule has 0 aromatic heterocycles. The second kappa shape index (κ2) is 11.1. The number of esters is 2. The van der Waals surface area contributed by atoms with Crippen molar-refractivity contribution in [3.63, 3.8) is 0 Å². The number of dihydropyridines is 1. The minimum atomic E-state index is -0.700. The van der Waals surface area contributed by atoms with Gasteiger partial charge in [0.1, 0.15) is 6.10 Å². The maximum Gasteiger partial charge on any atom is 0.337 e. The molecule has 2 aromatic carbocycles. The van der Waals surface area contributed by atoms with E-state index in [4.69, 9.17) is 30.5 Å². The molecule has 0 spiro atoms. The van der Waals surface area contributed by atoms with Crippen LogP contribution in [0.15, 0.2) is 65.0 Å². The Labute approximate surface area is 216 Å². The van der Waals surface area contributed by atoms with Crippen LogP contribution in [-0.4, -0.2) is 32.8 Å². The quantitative estimate of drug-likeness (QED) is 0.461. The van der Waals surface area contributed by atoms with E-state index < -0.39 is 24.0 Å². The summed E-state index contributed by atoms with van der Waals surface area (Å²) in [6.07, 6.45) is 1.28. The standard InChI is InChI=1S/C28H30ClNO6/c1-5-9-19-25(27(31)35-6-2)24(17-10-7-8-11-18(17)29)26-20(30-19)15-22(36-28(26)32)16-12-13-21(33-3)23(14-16)34-4/h7-8,10-14,22,24,30H,5-6,9,15H2,1-4H3. The monoisotopic (exact) mass is 511 g/mol. The molecular formula is C28H30ClNO6. The van der Waals surface area contributed by atoms with Crippen LogP contribution >= 0.6 is 11.6 Å². The third-order valence-corrected chi connectivity index (χ3v) is 6.72. The first-order valence-corrected chi connectivity index (χ1v) is 12.4. The Kier molecular flexibility index (Phi) is 7.89. The van der Waals surface area contributed by atoms with E-state index in [0.29, 0.717) is 51.8 Å². The van der Waals surface area contributed by atoms with Crippen molar-refractivity contribution in [2.24, 2.45) is 0 Å². The maximum atomic E-state index is 13.6. The third kappa shape index (κ3) is 4.80. The molecule has 2 aliphatic rings. The number of ether oxygens (including phenoxy) is 4. The molecule has 4 rings (SSSR count). The number of nitrogens with one attached hydrogen (secondary N) is 1. The number of cyclic esters (lactones) is 1. The van der Waals surface area contributed by atoms with Gasteiger partial charge in [-0.25, -0.2) is 9.59 Å². The molecule has 2 heterocycles. The molecule has 0 radical (unpaired) electrons. The minimum Gasteiger partial charge on any atom is -0.493 e. The lowest BCUT2D eigenvalue weighted by atomic mass is 9.77. The van der Waals surface area contributed by atoms with E-state index in [1.807, 2.05) is 37.3 Å². The Bertz CT molecular complexity index is 1230. The molecule has 0 aliphatic carbocycles. The Morgan fingerprint density at radius 1 is 1.11 bits per heavy atom. The summed E-state index contributed by atoms with van der Waals surface area (Å²) in [5.74, 6) is -0.544. The van der Waals surface area contributed by atoms with Crippen molar-refractivity contribution in [2.75, 3.05) is 20.8 Å². The molecule has 0 saturated heterocycles. The van der Waals surface area contributed by atoms with Gasteiger partial charge in [0, 0.05) is 22.8 Å². The number of rotatable bonds is 8. The molecule has 1 N–H and O–H groups in total. The topological polar surface area (TPSA) is 83.1 Å². The smallest absolute Gasteiger partial charge is 0.337 e. The first kappa shape index (κ1) is 25.6. The number of hydrogen-bond donors (Lipinski definition) is 1. The molecule has 7 nitrogen and oxygen atoms in total. The normalized spacial score (nSPS) is 19.3. The SMILES string of the molecule is CCCC1=C(C(=O)OCC)C(c2ccccc2Cl)C2=C(CC(c3ccc(OC)c(OC)c3)OC2=O)N1. The van der Waals surface area contributed by atoms with Gasteiger partial charge in [0.25, 0.3) is 0 Å². The van der Waals surface area contributed by atoms with Crippen LogP contribution in [0.1, 0.15) is 56.3 Å². The molecule has 0 fully saturated rings. The molecule has 190 valence electrons. The molecule has 2 aromatic rings. The highest BCUT2D eigenvalue weighted by Gasteiger charge is 2.44. The summed E-state index contributed by atoms with van der Waals surface area (Å²) in [5, 5.41) is 3.87. The van der Waals surface area contributed by atoms with Crippen LogP contribution in [0.25, 0.3) is 0 Å². The summed E-state index contributed by atoms with van der Waals surface area (Å²) in [5.41, 5.74) is 3.66. The summed E-state index contributed by atoms with van der Waals surface area (Å²) in [6, 6.07) is 12.7. The second-order valence-corrected chi connectivity index (χ2v) is 8.95. The lowest BCUT2D eigenvalue weighted by Gasteiger charge is -2.37. The van der Waals surface area contributed by atoms with E-state index in [-0.39, 0.29) is 6.61 Å². The Balaban J connectivity index is 1.83. The largest absolute Gasteiger partial charge is 0.493 e. The molecule has 0 bridgehead atoms. The van der Waals surface area contributed by atoms with Gasteiger partial charge >= 0.3 is 11.9 Å². The van der Waals surface area contributed by atoms with E-state index in [2.05, 4.69) is 5.32 Å². The molecule has 0 amide bonds. The molecule has 2 atom stereocenters. The molecular weight excluding hydrogens is 482 g/mol. The van der Waals surface area contributed by atoms with Crippen molar-refractivity contribution in [2.45, 2.75) is 45.1 Å². The van der Waals surface area contributed by atoms with E-state index in [9.17, 15) is 9.59 Å². The fourth-order valence-corrected chi connectivity index (χ4v) is 5.03. The van der Waals surface area contributed by atoms with Gasteiger partial charge in [-0.3, -0.25) is 0 Å².